The van der Waals surface area contributed by atoms with Crippen LogP contribution in [0.3, 0.4) is 0 Å². The standard InChI is InChI=1S/C24H29N3O7/c1-13(2)14-7-6-10-16(11-14)27-23(33)18(21(31)25-12-17(28)29)20(30)19(24(27)34)22(32)26-15-8-4-3-5-9-15/h6-7,10-11,13,15,30,33H,3-5,8-9,12H2,1-2H3,(H,25,31)(H,26,32)(H,28,29). The molecule has 10 nitrogen and oxygen atoms in total. The van der Waals surface area contributed by atoms with Crippen molar-refractivity contribution in [1.82, 2.24) is 15.2 Å². The zero-order valence-corrected chi connectivity index (χ0v) is 19.1. The second-order valence-electron chi connectivity index (χ2n) is 8.70. The second-order valence-corrected chi connectivity index (χ2v) is 8.70. The van der Waals surface area contributed by atoms with Gasteiger partial charge in [0.2, 0.25) is 5.88 Å². The van der Waals surface area contributed by atoms with Crippen LogP contribution in [0.15, 0.2) is 29.1 Å². The molecule has 2 aromatic rings. The molecule has 182 valence electrons. The van der Waals surface area contributed by atoms with E-state index in [0.29, 0.717) is 0 Å². The summed E-state index contributed by atoms with van der Waals surface area (Å²) in [6.45, 7) is 3.09. The van der Waals surface area contributed by atoms with Gasteiger partial charge in [-0.3, -0.25) is 19.2 Å². The van der Waals surface area contributed by atoms with Crippen LogP contribution in [0.1, 0.15) is 78.1 Å². The van der Waals surface area contributed by atoms with Gasteiger partial charge in [0, 0.05) is 6.04 Å². The van der Waals surface area contributed by atoms with Crippen molar-refractivity contribution in [3.8, 4) is 17.3 Å². The fourth-order valence-electron chi connectivity index (χ4n) is 4.08. The normalized spacial score (nSPS) is 14.1. The highest BCUT2D eigenvalue weighted by Crippen LogP contribution is 2.31. The summed E-state index contributed by atoms with van der Waals surface area (Å²) in [5.74, 6) is -5.17. The lowest BCUT2D eigenvalue weighted by Gasteiger charge is -2.23. The average molecular weight is 472 g/mol. The van der Waals surface area contributed by atoms with E-state index in [0.717, 1.165) is 42.2 Å². The molecule has 0 saturated heterocycles. The van der Waals surface area contributed by atoms with Gasteiger partial charge in [0.05, 0.1) is 5.69 Å². The van der Waals surface area contributed by atoms with Gasteiger partial charge in [-0.2, -0.15) is 0 Å². The van der Waals surface area contributed by atoms with Crippen LogP contribution in [0.25, 0.3) is 5.69 Å². The molecule has 0 radical (unpaired) electrons. The number of carbonyl (C=O) groups excluding carboxylic acids is 2. The van der Waals surface area contributed by atoms with E-state index >= 15 is 0 Å². The molecular weight excluding hydrogens is 442 g/mol. The Kier molecular flexibility index (Phi) is 7.60. The van der Waals surface area contributed by atoms with Crippen LogP contribution in [0, 0.1) is 0 Å². The lowest BCUT2D eigenvalue weighted by atomic mass is 9.95. The number of nitrogens with zero attached hydrogens (tertiary/aromatic N) is 1. The van der Waals surface area contributed by atoms with Crippen LogP contribution in [-0.4, -0.2) is 50.3 Å². The number of rotatable bonds is 7. The first-order valence-electron chi connectivity index (χ1n) is 11.2. The molecule has 1 aliphatic carbocycles. The predicted octanol–water partition coefficient (Wildman–Crippen LogP) is 2.25. The maximum Gasteiger partial charge on any atom is 0.322 e. The van der Waals surface area contributed by atoms with Crippen molar-refractivity contribution in [2.75, 3.05) is 6.54 Å². The summed E-state index contributed by atoms with van der Waals surface area (Å²) in [7, 11) is 0. The molecule has 0 spiro atoms. The van der Waals surface area contributed by atoms with Crippen LogP contribution in [0.5, 0.6) is 11.6 Å². The number of nitrogens with one attached hydrogen (secondary N) is 2. The SMILES string of the molecule is CC(C)c1cccc(-n2c(O)c(C(=O)NCC(=O)O)c(O)c(C(=O)NC3CCCCC3)c2=O)c1. The number of carboxylic acids is 1. The Morgan fingerprint density at radius 3 is 2.35 bits per heavy atom. The molecule has 2 amide bonds. The van der Waals surface area contributed by atoms with Crippen molar-refractivity contribution in [3.05, 3.63) is 51.3 Å². The molecule has 10 heteroatoms. The topological polar surface area (TPSA) is 158 Å². The number of carboxylic acid groups (broad SMARTS) is 1. The molecule has 1 saturated carbocycles. The highest BCUT2D eigenvalue weighted by Gasteiger charge is 2.31. The van der Waals surface area contributed by atoms with Gasteiger partial charge in [-0.25, -0.2) is 4.57 Å². The molecular formula is C24H29N3O7. The highest BCUT2D eigenvalue weighted by molar-refractivity contribution is 6.05. The van der Waals surface area contributed by atoms with E-state index < -0.39 is 52.6 Å². The van der Waals surface area contributed by atoms with Crippen molar-refractivity contribution in [2.24, 2.45) is 0 Å². The van der Waals surface area contributed by atoms with Gasteiger partial charge in [0.25, 0.3) is 17.4 Å². The molecule has 1 aromatic carbocycles. The minimum Gasteiger partial charge on any atom is -0.506 e. The molecule has 0 bridgehead atoms. The van der Waals surface area contributed by atoms with Gasteiger partial charge < -0.3 is 26.0 Å². The van der Waals surface area contributed by atoms with E-state index in [-0.39, 0.29) is 17.6 Å². The molecule has 34 heavy (non-hydrogen) atoms. The summed E-state index contributed by atoms with van der Waals surface area (Å²) in [6.07, 6.45) is 4.33. The van der Waals surface area contributed by atoms with Gasteiger partial charge in [-0.05, 0) is 36.5 Å². The van der Waals surface area contributed by atoms with Gasteiger partial charge in [-0.15, -0.1) is 0 Å². The van der Waals surface area contributed by atoms with Gasteiger partial charge >= 0.3 is 5.97 Å². The first-order valence-corrected chi connectivity index (χ1v) is 11.2. The Balaban J connectivity index is 2.18. The third-order valence-corrected chi connectivity index (χ3v) is 5.92. The van der Waals surface area contributed by atoms with Crippen LogP contribution in [0.4, 0.5) is 0 Å². The van der Waals surface area contributed by atoms with Gasteiger partial charge in [0.1, 0.15) is 17.7 Å². The number of aromatic hydroxyl groups is 2. The lowest BCUT2D eigenvalue weighted by Crippen LogP contribution is -2.40. The summed E-state index contributed by atoms with van der Waals surface area (Å²) < 4.78 is 0.775. The smallest absolute Gasteiger partial charge is 0.322 e. The van der Waals surface area contributed by atoms with E-state index in [1.807, 2.05) is 25.2 Å². The number of hydrogen-bond donors (Lipinski definition) is 5. The first-order chi connectivity index (χ1) is 16.1. The summed E-state index contributed by atoms with van der Waals surface area (Å²) in [5.41, 5.74) is -1.43. The third-order valence-electron chi connectivity index (χ3n) is 5.92. The summed E-state index contributed by atoms with van der Waals surface area (Å²) in [4.78, 5) is 50.0. The number of aliphatic carboxylic acids is 1. The van der Waals surface area contributed by atoms with Crippen LogP contribution in [-0.2, 0) is 4.79 Å². The summed E-state index contributed by atoms with van der Waals surface area (Å²) in [5, 5.41) is 35.3. The van der Waals surface area contributed by atoms with Crippen molar-refractivity contribution in [2.45, 2.75) is 57.9 Å². The first kappa shape index (κ1) is 24.8. The molecule has 0 aliphatic heterocycles. The van der Waals surface area contributed by atoms with E-state index in [9.17, 15) is 29.4 Å². The lowest BCUT2D eigenvalue weighted by molar-refractivity contribution is -0.135. The zero-order chi connectivity index (χ0) is 25.0. The zero-order valence-electron chi connectivity index (χ0n) is 19.1. The largest absolute Gasteiger partial charge is 0.506 e. The number of benzene rings is 1. The molecule has 1 fully saturated rings. The molecule has 0 unspecified atom stereocenters. The number of aromatic nitrogens is 1. The Morgan fingerprint density at radius 1 is 1.06 bits per heavy atom. The number of amides is 2. The molecule has 3 rings (SSSR count). The van der Waals surface area contributed by atoms with E-state index in [4.69, 9.17) is 5.11 Å². The van der Waals surface area contributed by atoms with Crippen molar-refractivity contribution < 1.29 is 29.7 Å². The Morgan fingerprint density at radius 2 is 1.74 bits per heavy atom. The van der Waals surface area contributed by atoms with Crippen LogP contribution >= 0.6 is 0 Å². The number of hydrogen-bond acceptors (Lipinski definition) is 6. The van der Waals surface area contributed by atoms with Crippen molar-refractivity contribution in [1.29, 1.82) is 0 Å². The molecule has 5 N–H and O–H groups in total. The molecule has 1 aliphatic rings. The minimum absolute atomic E-state index is 0.0855. The maximum absolute atomic E-state index is 13.4. The number of carbonyl (C=O) groups is 3. The fourth-order valence-corrected chi connectivity index (χ4v) is 4.08. The minimum atomic E-state index is -1.35. The quantitative estimate of drug-likeness (QED) is 0.414. The summed E-state index contributed by atoms with van der Waals surface area (Å²) in [6, 6.07) is 6.45. The monoisotopic (exact) mass is 471 g/mol. The van der Waals surface area contributed by atoms with E-state index in [1.165, 1.54) is 6.07 Å². The fraction of sp³-hybridized carbons (Fsp3) is 0.417. The van der Waals surface area contributed by atoms with Crippen molar-refractivity contribution in [3.63, 3.8) is 0 Å². The Labute approximate surface area is 196 Å². The predicted molar refractivity (Wildman–Crippen MR) is 124 cm³/mol. The molecule has 0 atom stereocenters. The van der Waals surface area contributed by atoms with Gasteiger partial charge in [0.15, 0.2) is 5.75 Å². The Bertz CT molecular complexity index is 1160. The summed E-state index contributed by atoms with van der Waals surface area (Å²) >= 11 is 0. The van der Waals surface area contributed by atoms with E-state index in [2.05, 4.69) is 5.32 Å². The second kappa shape index (κ2) is 10.4. The van der Waals surface area contributed by atoms with Crippen LogP contribution < -0.4 is 16.2 Å². The van der Waals surface area contributed by atoms with Crippen molar-refractivity contribution >= 4 is 17.8 Å². The Hall–Kier alpha value is -3.82. The van der Waals surface area contributed by atoms with E-state index in [1.54, 1.807) is 12.1 Å². The average Bonchev–Trinajstić information content (AvgIpc) is 2.78. The number of pyridine rings is 1. The highest BCUT2D eigenvalue weighted by atomic mass is 16.4. The third kappa shape index (κ3) is 5.22. The van der Waals surface area contributed by atoms with Crippen LogP contribution in [0.2, 0.25) is 0 Å². The van der Waals surface area contributed by atoms with Gasteiger partial charge in [-0.1, -0.05) is 45.2 Å². The molecule has 1 aromatic heterocycles. The molecule has 1 heterocycles. The maximum atomic E-state index is 13.4.